The van der Waals surface area contributed by atoms with Gasteiger partial charge in [-0.25, -0.2) is 0 Å². The zero-order chi connectivity index (χ0) is 39.4. The number of halogens is 1. The fourth-order valence-electron chi connectivity index (χ4n) is 16.8. The van der Waals surface area contributed by atoms with E-state index in [0.29, 0.717) is 38.8 Å². The number of rotatable bonds is 10. The van der Waals surface area contributed by atoms with Crippen LogP contribution in [0.25, 0.3) is 0 Å². The SMILES string of the molecule is ICCC[Si]12C[Si]3(C4CCCC4)O[Si]4(C5CCCC5)C[Si]5(C6CCCC6)O[Si](C6CCCC6)(C[Si](C6CCCC6)(O1)O4)O[Si](C1CCCC1)(C[Si](C1CCCC1)(O3)O5)O2. The second-order valence-electron chi connectivity index (χ2n) is 22.8. The topological polar surface area (TPSA) is 73.8 Å². The molecular weight excluding hydrogens is 984 g/mol. The van der Waals surface area contributed by atoms with E-state index in [1.807, 2.05) is 0 Å². The molecule has 13 aliphatic rings. The lowest BCUT2D eigenvalue weighted by Crippen LogP contribution is -2.87. The zero-order valence-electron chi connectivity index (χ0n) is 36.4. The first-order valence-electron chi connectivity index (χ1n) is 26.0. The molecule has 7 saturated carbocycles. The molecule has 6 saturated heterocycles. The van der Waals surface area contributed by atoms with Gasteiger partial charge in [0.25, 0.3) is 0 Å². The minimum absolute atomic E-state index is 0.511. The van der Waals surface area contributed by atoms with Crippen molar-refractivity contribution in [1.29, 1.82) is 0 Å². The van der Waals surface area contributed by atoms with Crippen LogP contribution in [0.15, 0.2) is 0 Å². The summed E-state index contributed by atoms with van der Waals surface area (Å²) in [7, 11) is -24.3. The van der Waals surface area contributed by atoms with Gasteiger partial charge in [0.15, 0.2) is 0 Å². The van der Waals surface area contributed by atoms with Gasteiger partial charge in [-0.05, 0) is 107 Å². The van der Waals surface area contributed by atoms with Gasteiger partial charge in [-0.15, -0.1) is 0 Å². The molecule has 8 bridgehead atoms. The van der Waals surface area contributed by atoms with Crippen molar-refractivity contribution in [3.8, 4) is 0 Å². The minimum atomic E-state index is -3.05. The van der Waals surface area contributed by atoms with Crippen molar-refractivity contribution in [1.82, 2.24) is 0 Å². The maximum Gasteiger partial charge on any atom is 0.325 e. The molecule has 8 nitrogen and oxygen atoms in total. The molecule has 7 aliphatic carbocycles. The summed E-state index contributed by atoms with van der Waals surface area (Å²) < 4.78 is 73.0. The van der Waals surface area contributed by atoms with Gasteiger partial charge in [0, 0.05) is 61.5 Å². The molecule has 0 aromatic rings. The van der Waals surface area contributed by atoms with Gasteiger partial charge >= 0.3 is 68.5 Å². The van der Waals surface area contributed by atoms with Crippen molar-refractivity contribution in [2.75, 3.05) is 4.43 Å². The van der Waals surface area contributed by atoms with Crippen molar-refractivity contribution >= 4 is 91.1 Å². The van der Waals surface area contributed by atoms with E-state index < -0.39 is 68.5 Å². The third-order valence-corrected chi connectivity index (χ3v) is 72.2. The molecule has 0 spiro atoms. The highest BCUT2D eigenvalue weighted by Crippen LogP contribution is 2.69. The molecule has 13 fully saturated rings. The molecule has 6 aliphatic heterocycles. The van der Waals surface area contributed by atoms with Gasteiger partial charge < -0.3 is 32.9 Å². The smallest absolute Gasteiger partial charge is 0.325 e. The predicted molar refractivity (Wildman–Crippen MR) is 258 cm³/mol. The maximum absolute atomic E-state index is 9.05. The molecule has 8 unspecified atom stereocenters. The third-order valence-electron chi connectivity index (χ3n) is 19.3. The Kier molecular flexibility index (Phi) is 11.6. The molecule has 6 heterocycles. The van der Waals surface area contributed by atoms with Crippen molar-refractivity contribution in [3.05, 3.63) is 0 Å². The highest BCUT2D eigenvalue weighted by atomic mass is 127. The average molecular weight is 1060 g/mol. The summed E-state index contributed by atoms with van der Waals surface area (Å²) in [6.45, 7) is 0. The molecule has 0 N–H and O–H groups in total. The molecule has 332 valence electrons. The molecule has 0 aromatic heterocycles. The summed E-state index contributed by atoms with van der Waals surface area (Å²) in [5.41, 5.74) is 7.72. The maximum atomic E-state index is 9.05. The first-order chi connectivity index (χ1) is 28.8. The van der Waals surface area contributed by atoms with Crippen LogP contribution in [0.4, 0.5) is 0 Å². The fourth-order valence-corrected chi connectivity index (χ4v) is 96.2. The van der Waals surface area contributed by atoms with Crippen LogP contribution in [-0.2, 0) is 32.9 Å². The van der Waals surface area contributed by atoms with E-state index in [0.717, 1.165) is 33.1 Å². The van der Waals surface area contributed by atoms with Crippen molar-refractivity contribution in [3.63, 3.8) is 0 Å². The van der Waals surface area contributed by atoms with Gasteiger partial charge in [-0.1, -0.05) is 112 Å². The van der Waals surface area contributed by atoms with Gasteiger partial charge in [-0.2, -0.15) is 0 Å². The number of alkyl halides is 1. The molecule has 0 amide bonds. The summed E-state index contributed by atoms with van der Waals surface area (Å²) in [6.07, 6.45) is 37.4. The van der Waals surface area contributed by atoms with Crippen LogP contribution in [0.1, 0.15) is 186 Å². The summed E-state index contributed by atoms with van der Waals surface area (Å²) in [6, 6.07) is 1.08. The van der Waals surface area contributed by atoms with Crippen LogP contribution < -0.4 is 0 Å². The Hall–Kier alpha value is 2.15. The normalized spacial score (nSPS) is 49.4. The lowest BCUT2D eigenvalue weighted by Gasteiger charge is -2.69. The van der Waals surface area contributed by atoms with Crippen LogP contribution >= 0.6 is 22.6 Å². The van der Waals surface area contributed by atoms with E-state index in [1.54, 1.807) is 0 Å². The highest BCUT2D eigenvalue weighted by Gasteiger charge is 2.83. The lowest BCUT2D eigenvalue weighted by molar-refractivity contribution is 0.142. The van der Waals surface area contributed by atoms with E-state index in [4.69, 9.17) is 32.9 Å². The van der Waals surface area contributed by atoms with Crippen LogP contribution in [0.2, 0.25) is 67.5 Å². The van der Waals surface area contributed by atoms with Gasteiger partial charge in [-0.3, -0.25) is 0 Å². The molecule has 59 heavy (non-hydrogen) atoms. The second kappa shape index (κ2) is 16.1. The Balaban J connectivity index is 1.18. The fraction of sp³-hybridized carbons (Fsp3) is 1.00. The van der Waals surface area contributed by atoms with Crippen LogP contribution in [0.5, 0.6) is 0 Å². The lowest BCUT2D eigenvalue weighted by atomic mass is 10.4. The molecule has 13 rings (SSSR count). The summed E-state index contributed by atoms with van der Waals surface area (Å²) in [5, 5.41) is 0. The monoisotopic (exact) mass is 1060 g/mol. The van der Waals surface area contributed by atoms with E-state index >= 15 is 0 Å². The second-order valence-corrected chi connectivity index (χ2v) is 55.4. The van der Waals surface area contributed by atoms with Crippen molar-refractivity contribution in [2.45, 2.75) is 254 Å². The Morgan fingerprint density at radius 1 is 0.288 bits per heavy atom. The van der Waals surface area contributed by atoms with Gasteiger partial charge in [0.1, 0.15) is 0 Å². The van der Waals surface area contributed by atoms with Gasteiger partial charge in [0.05, 0.1) is 0 Å². The molecule has 0 radical (unpaired) electrons. The van der Waals surface area contributed by atoms with E-state index in [9.17, 15) is 0 Å². The van der Waals surface area contributed by atoms with E-state index in [2.05, 4.69) is 22.6 Å². The summed E-state index contributed by atoms with van der Waals surface area (Å²) in [5.74, 6) is 0. The van der Waals surface area contributed by atoms with Crippen molar-refractivity contribution in [2.24, 2.45) is 0 Å². The highest BCUT2D eigenvalue weighted by molar-refractivity contribution is 14.1. The Morgan fingerprint density at radius 3 is 0.712 bits per heavy atom. The summed E-state index contributed by atoms with van der Waals surface area (Å²) in [4.78, 5) is 0. The number of hydrogen-bond acceptors (Lipinski definition) is 8. The van der Waals surface area contributed by atoms with E-state index in [-0.39, 0.29) is 0 Å². The number of hydrogen-bond donors (Lipinski definition) is 0. The van der Waals surface area contributed by atoms with Crippen LogP contribution in [-0.4, -0.2) is 72.9 Å². The molecule has 0 aromatic carbocycles. The van der Waals surface area contributed by atoms with Crippen LogP contribution in [0, 0.1) is 0 Å². The average Bonchev–Trinajstić information content (AvgIpc) is 4.07. The zero-order valence-corrected chi connectivity index (χ0v) is 46.6. The molecule has 17 heteroatoms. The standard InChI is InChI=1S/C42H77IO8Si8/c43-30-15-31-52-32-53(36-16-1-2-17-36)46-56(39-22-7-8-23-39)33-54(44-52,37-18-3-4-19-37)48-57(40-24-9-10-25-40)34-55(45-52,38-20-5-6-21-38)49-58(47-53,41-26-11-12-27-41)35-59(50-56,51-57)42-28-13-14-29-42/h36-42H,1-35H2. The third kappa shape index (κ3) is 7.02. The first kappa shape index (κ1) is 42.5. The minimum Gasteiger partial charge on any atom is -0.415 e. The first-order valence-corrected chi connectivity index (χ1v) is 44.4. The Labute approximate surface area is 379 Å². The largest absolute Gasteiger partial charge is 0.415 e. The summed E-state index contributed by atoms with van der Waals surface area (Å²) >= 11 is 2.66. The van der Waals surface area contributed by atoms with Crippen LogP contribution in [0.3, 0.4) is 0 Å². The Morgan fingerprint density at radius 2 is 0.492 bits per heavy atom. The van der Waals surface area contributed by atoms with E-state index in [1.165, 1.54) is 186 Å². The molecular formula is C42H77IO8Si8. The quantitative estimate of drug-likeness (QED) is 0.122. The molecule has 8 atom stereocenters. The Bertz CT molecular complexity index is 1360. The van der Waals surface area contributed by atoms with Gasteiger partial charge in [0.2, 0.25) is 0 Å². The van der Waals surface area contributed by atoms with Crippen molar-refractivity contribution < 1.29 is 32.9 Å². The predicted octanol–water partition coefficient (Wildman–Crippen LogP) is 13.3.